The lowest BCUT2D eigenvalue weighted by atomic mass is 9.86. The minimum absolute atomic E-state index is 0.0122. The highest BCUT2D eigenvalue weighted by molar-refractivity contribution is 5.69. The van der Waals surface area contributed by atoms with Gasteiger partial charge in [0.1, 0.15) is 23.7 Å². The van der Waals surface area contributed by atoms with Gasteiger partial charge in [0.05, 0.1) is 18.1 Å². The molecule has 2 aromatic carbocycles. The maximum Gasteiger partial charge on any atom is 0.410 e. The number of carbonyl (C=O) groups excluding carboxylic acids is 1. The predicted octanol–water partition coefficient (Wildman–Crippen LogP) is 5.67. The molecule has 0 spiro atoms. The smallest absolute Gasteiger partial charge is 0.410 e. The molecule has 1 amide bonds. The molecule has 33 heavy (non-hydrogen) atoms. The van der Waals surface area contributed by atoms with Gasteiger partial charge in [-0.15, -0.1) is 0 Å². The van der Waals surface area contributed by atoms with E-state index in [1.807, 2.05) is 43.9 Å². The first-order valence-electron chi connectivity index (χ1n) is 11.1. The maximum atomic E-state index is 12.8. The molecule has 178 valence electrons. The van der Waals surface area contributed by atoms with Crippen molar-refractivity contribution < 1.29 is 23.9 Å². The first kappa shape index (κ1) is 24.4. The van der Waals surface area contributed by atoms with Crippen LogP contribution in [0.25, 0.3) is 0 Å². The summed E-state index contributed by atoms with van der Waals surface area (Å²) in [4.78, 5) is 25.3. The zero-order chi connectivity index (χ0) is 24.3. The third-order valence-corrected chi connectivity index (χ3v) is 5.52. The zero-order valence-corrected chi connectivity index (χ0v) is 20.1. The maximum absolute atomic E-state index is 12.8. The molecule has 2 aromatic rings. The van der Waals surface area contributed by atoms with Crippen molar-refractivity contribution in [2.24, 2.45) is 5.92 Å². The number of benzene rings is 2. The highest BCUT2D eigenvalue weighted by Gasteiger charge is 2.35. The molecule has 0 N–H and O–H groups in total. The molecule has 3 rings (SSSR count). The monoisotopic (exact) mass is 456 g/mol. The van der Waals surface area contributed by atoms with Gasteiger partial charge in [-0.05, 0) is 62.4 Å². The SMILES string of the molecule is COc1ccc([N+](=O)[O-])cc1COc1ccc2c(c1)CCN(C(=O)OC(C)(C)C)C2C(C)C. The van der Waals surface area contributed by atoms with Gasteiger partial charge in [0.2, 0.25) is 0 Å². The average molecular weight is 457 g/mol. The molecule has 8 nitrogen and oxygen atoms in total. The van der Waals surface area contributed by atoms with E-state index in [0.717, 1.165) is 11.1 Å². The molecule has 0 fully saturated rings. The lowest BCUT2D eigenvalue weighted by molar-refractivity contribution is -0.385. The number of hydrogen-bond acceptors (Lipinski definition) is 6. The number of carbonyl (C=O) groups is 1. The summed E-state index contributed by atoms with van der Waals surface area (Å²) in [6.45, 7) is 10.5. The molecular weight excluding hydrogens is 424 g/mol. The van der Waals surface area contributed by atoms with E-state index in [1.165, 1.54) is 19.2 Å². The highest BCUT2D eigenvalue weighted by Crippen LogP contribution is 2.38. The summed E-state index contributed by atoms with van der Waals surface area (Å²) in [6, 6.07) is 10.2. The predicted molar refractivity (Wildman–Crippen MR) is 125 cm³/mol. The van der Waals surface area contributed by atoms with Crippen molar-refractivity contribution in [3.63, 3.8) is 0 Å². The van der Waals surface area contributed by atoms with Crippen molar-refractivity contribution in [1.82, 2.24) is 4.90 Å². The molecule has 1 atom stereocenters. The van der Waals surface area contributed by atoms with Crippen molar-refractivity contribution in [3.8, 4) is 11.5 Å². The minimum atomic E-state index is -0.551. The van der Waals surface area contributed by atoms with E-state index in [-0.39, 0.29) is 30.3 Å². The van der Waals surface area contributed by atoms with E-state index in [0.29, 0.717) is 30.0 Å². The summed E-state index contributed by atoms with van der Waals surface area (Å²) >= 11 is 0. The Morgan fingerprint density at radius 1 is 1.21 bits per heavy atom. The van der Waals surface area contributed by atoms with Crippen LogP contribution in [0.2, 0.25) is 0 Å². The quantitative estimate of drug-likeness (QED) is 0.411. The summed E-state index contributed by atoms with van der Waals surface area (Å²) in [6.07, 6.45) is 0.389. The number of fused-ring (bicyclic) bond motifs is 1. The summed E-state index contributed by atoms with van der Waals surface area (Å²) in [5, 5.41) is 11.1. The minimum Gasteiger partial charge on any atom is -0.496 e. The molecule has 0 saturated carbocycles. The Labute approximate surface area is 194 Å². The van der Waals surface area contributed by atoms with Gasteiger partial charge in [-0.25, -0.2) is 4.79 Å². The first-order chi connectivity index (χ1) is 15.5. The molecule has 1 aliphatic rings. The summed E-state index contributed by atoms with van der Waals surface area (Å²) < 4.78 is 16.9. The topological polar surface area (TPSA) is 91.1 Å². The molecule has 1 unspecified atom stereocenters. The fraction of sp³-hybridized carbons (Fsp3) is 0.480. The fourth-order valence-electron chi connectivity index (χ4n) is 4.12. The van der Waals surface area contributed by atoms with Crippen LogP contribution in [0, 0.1) is 16.0 Å². The summed E-state index contributed by atoms with van der Waals surface area (Å²) in [5.41, 5.74) is 2.24. The lowest BCUT2D eigenvalue weighted by Gasteiger charge is -2.40. The van der Waals surface area contributed by atoms with Crippen LogP contribution in [-0.4, -0.2) is 35.2 Å². The number of ether oxygens (including phenoxy) is 3. The third kappa shape index (κ3) is 5.74. The highest BCUT2D eigenvalue weighted by atomic mass is 16.6. The number of methoxy groups -OCH3 is 1. The van der Waals surface area contributed by atoms with Crippen LogP contribution >= 0.6 is 0 Å². The summed E-state index contributed by atoms with van der Waals surface area (Å²) in [7, 11) is 1.52. The number of hydrogen-bond donors (Lipinski definition) is 0. The average Bonchev–Trinajstić information content (AvgIpc) is 2.74. The van der Waals surface area contributed by atoms with Crippen LogP contribution in [0.4, 0.5) is 10.5 Å². The Morgan fingerprint density at radius 2 is 1.94 bits per heavy atom. The van der Waals surface area contributed by atoms with Gasteiger partial charge in [0, 0.05) is 24.2 Å². The van der Waals surface area contributed by atoms with Crippen molar-refractivity contribution in [2.45, 2.75) is 59.3 Å². The molecule has 0 radical (unpaired) electrons. The Balaban J connectivity index is 1.81. The van der Waals surface area contributed by atoms with Gasteiger partial charge >= 0.3 is 6.09 Å². The Hall–Kier alpha value is -3.29. The normalized spacial score (nSPS) is 15.7. The Kier molecular flexibility index (Phi) is 7.15. The summed E-state index contributed by atoms with van der Waals surface area (Å²) in [5.74, 6) is 1.40. The molecule has 0 saturated heterocycles. The van der Waals surface area contributed by atoms with Crippen molar-refractivity contribution >= 4 is 11.8 Å². The molecule has 0 aromatic heterocycles. The molecule has 0 bridgehead atoms. The number of nitro groups is 1. The Bertz CT molecular complexity index is 1030. The largest absolute Gasteiger partial charge is 0.496 e. The van der Waals surface area contributed by atoms with Crippen LogP contribution in [-0.2, 0) is 17.8 Å². The molecule has 0 aliphatic carbocycles. The second kappa shape index (κ2) is 9.68. The van der Waals surface area contributed by atoms with Gasteiger partial charge in [0.25, 0.3) is 5.69 Å². The number of nitro benzene ring substituents is 1. The zero-order valence-electron chi connectivity index (χ0n) is 20.1. The van der Waals surface area contributed by atoms with Crippen LogP contribution in [0.15, 0.2) is 36.4 Å². The number of nitrogens with zero attached hydrogens (tertiary/aromatic N) is 2. The Morgan fingerprint density at radius 3 is 2.55 bits per heavy atom. The molecular formula is C25H32N2O6. The van der Waals surface area contributed by atoms with Crippen molar-refractivity contribution in [2.75, 3.05) is 13.7 Å². The molecule has 1 heterocycles. The van der Waals surface area contributed by atoms with Crippen LogP contribution in [0.5, 0.6) is 11.5 Å². The fourth-order valence-corrected chi connectivity index (χ4v) is 4.12. The van der Waals surface area contributed by atoms with Crippen LogP contribution in [0.3, 0.4) is 0 Å². The van der Waals surface area contributed by atoms with Gasteiger partial charge in [-0.3, -0.25) is 10.1 Å². The van der Waals surface area contributed by atoms with E-state index in [2.05, 4.69) is 13.8 Å². The second-order valence-electron chi connectivity index (χ2n) is 9.52. The number of amides is 1. The van der Waals surface area contributed by atoms with E-state index < -0.39 is 10.5 Å². The first-order valence-corrected chi connectivity index (χ1v) is 11.1. The lowest BCUT2D eigenvalue weighted by Crippen LogP contribution is -2.44. The van der Waals surface area contributed by atoms with E-state index in [1.54, 1.807) is 6.07 Å². The van der Waals surface area contributed by atoms with Gasteiger partial charge in [-0.1, -0.05) is 19.9 Å². The number of rotatable bonds is 6. The van der Waals surface area contributed by atoms with E-state index >= 15 is 0 Å². The van der Waals surface area contributed by atoms with Crippen LogP contribution in [0.1, 0.15) is 57.4 Å². The van der Waals surface area contributed by atoms with Gasteiger partial charge in [0.15, 0.2) is 0 Å². The van der Waals surface area contributed by atoms with Crippen LogP contribution < -0.4 is 9.47 Å². The van der Waals surface area contributed by atoms with Gasteiger partial charge < -0.3 is 19.1 Å². The van der Waals surface area contributed by atoms with Crippen molar-refractivity contribution in [3.05, 3.63) is 63.2 Å². The molecule has 1 aliphatic heterocycles. The second-order valence-corrected chi connectivity index (χ2v) is 9.52. The molecule has 8 heteroatoms. The van der Waals surface area contributed by atoms with Crippen molar-refractivity contribution in [1.29, 1.82) is 0 Å². The standard InChI is InChI=1S/C25H32N2O6/c1-16(2)23-21-9-8-20(14-17(21)11-12-26(23)24(28)33-25(3,4)5)32-15-18-13-19(27(29)30)7-10-22(18)31-6/h7-10,13-14,16,23H,11-12,15H2,1-6H3. The van der Waals surface area contributed by atoms with E-state index in [4.69, 9.17) is 14.2 Å². The third-order valence-electron chi connectivity index (χ3n) is 5.52. The van der Waals surface area contributed by atoms with E-state index in [9.17, 15) is 14.9 Å². The number of non-ortho nitro benzene ring substituents is 1. The van der Waals surface area contributed by atoms with Gasteiger partial charge in [-0.2, -0.15) is 0 Å².